The smallest absolute Gasteiger partial charge is 0.251 e. The van der Waals surface area contributed by atoms with Crippen molar-refractivity contribution in [2.45, 2.75) is 12.8 Å². The molecule has 2 N–H and O–H groups in total. The maximum absolute atomic E-state index is 12.3. The quantitative estimate of drug-likeness (QED) is 0.871. The van der Waals surface area contributed by atoms with E-state index in [-0.39, 0.29) is 18.4 Å². The van der Waals surface area contributed by atoms with Gasteiger partial charge in [-0.05, 0) is 49.9 Å². The Balaban J connectivity index is 1.49. The fourth-order valence-corrected chi connectivity index (χ4v) is 3.43. The Morgan fingerprint density at radius 1 is 1.09 bits per heavy atom. The lowest BCUT2D eigenvalue weighted by atomic mass is 9.92. The van der Waals surface area contributed by atoms with E-state index in [1.54, 1.807) is 12.1 Å². The summed E-state index contributed by atoms with van der Waals surface area (Å²) in [7, 11) is 0. The van der Waals surface area contributed by atoms with E-state index in [2.05, 4.69) is 10.6 Å². The van der Waals surface area contributed by atoms with Gasteiger partial charge < -0.3 is 15.5 Å². The minimum absolute atomic E-state index is 0.0252. The fraction of sp³-hybridized carbons (Fsp3) is 0.529. The first kappa shape index (κ1) is 15.0. The first-order valence-corrected chi connectivity index (χ1v) is 8.06. The molecule has 0 aromatic heterocycles. The highest BCUT2D eigenvalue weighted by Gasteiger charge is 2.31. The number of nitrogens with zero attached hydrogens (tertiary/aromatic N) is 1. The van der Waals surface area contributed by atoms with Gasteiger partial charge in [0.15, 0.2) is 0 Å². The number of rotatable bonds is 3. The molecule has 0 radical (unpaired) electrons. The van der Waals surface area contributed by atoms with E-state index in [1.807, 2.05) is 23.1 Å². The maximum Gasteiger partial charge on any atom is 0.251 e. The van der Waals surface area contributed by atoms with Crippen LogP contribution in [0.25, 0.3) is 0 Å². The molecule has 3 rings (SSSR count). The van der Waals surface area contributed by atoms with Crippen LogP contribution in [0, 0.1) is 11.8 Å². The molecule has 5 heteroatoms. The van der Waals surface area contributed by atoms with Crippen LogP contribution in [0.3, 0.4) is 0 Å². The zero-order valence-corrected chi connectivity index (χ0v) is 12.8. The minimum Gasteiger partial charge on any atom is -0.343 e. The molecular formula is C17H23N3O2. The summed E-state index contributed by atoms with van der Waals surface area (Å²) in [4.78, 5) is 26.2. The van der Waals surface area contributed by atoms with Gasteiger partial charge in [-0.1, -0.05) is 18.2 Å². The normalized spacial score (nSPS) is 24.5. The van der Waals surface area contributed by atoms with Crippen molar-refractivity contribution in [1.82, 2.24) is 15.5 Å². The Labute approximate surface area is 131 Å². The van der Waals surface area contributed by atoms with Crippen molar-refractivity contribution in [2.75, 3.05) is 32.7 Å². The number of fused-ring (bicyclic) bond motifs is 1. The van der Waals surface area contributed by atoms with Gasteiger partial charge in [-0.15, -0.1) is 0 Å². The largest absolute Gasteiger partial charge is 0.343 e. The second kappa shape index (κ2) is 6.92. The van der Waals surface area contributed by atoms with Gasteiger partial charge in [-0.2, -0.15) is 0 Å². The predicted octanol–water partition coefficient (Wildman–Crippen LogP) is 0.874. The monoisotopic (exact) mass is 301 g/mol. The van der Waals surface area contributed by atoms with E-state index < -0.39 is 0 Å². The molecule has 2 aliphatic rings. The summed E-state index contributed by atoms with van der Waals surface area (Å²) in [6, 6.07) is 9.00. The van der Waals surface area contributed by atoms with E-state index >= 15 is 0 Å². The molecule has 0 unspecified atom stereocenters. The maximum atomic E-state index is 12.3. The van der Waals surface area contributed by atoms with Crippen molar-refractivity contribution < 1.29 is 9.59 Å². The average Bonchev–Trinajstić information content (AvgIpc) is 2.91. The van der Waals surface area contributed by atoms with Crippen molar-refractivity contribution in [1.29, 1.82) is 0 Å². The number of hydrogen-bond acceptors (Lipinski definition) is 3. The molecule has 0 spiro atoms. The zero-order chi connectivity index (χ0) is 15.4. The van der Waals surface area contributed by atoms with E-state index in [9.17, 15) is 9.59 Å². The number of hydrogen-bond donors (Lipinski definition) is 2. The third-order valence-corrected chi connectivity index (χ3v) is 4.81. The first-order valence-electron chi connectivity index (χ1n) is 8.06. The molecule has 5 nitrogen and oxygen atoms in total. The lowest BCUT2D eigenvalue weighted by Crippen LogP contribution is -2.41. The van der Waals surface area contributed by atoms with Gasteiger partial charge in [-0.3, -0.25) is 9.59 Å². The molecule has 0 aliphatic carbocycles. The van der Waals surface area contributed by atoms with Crippen LogP contribution in [0.5, 0.6) is 0 Å². The highest BCUT2D eigenvalue weighted by atomic mass is 16.2. The van der Waals surface area contributed by atoms with Gasteiger partial charge in [0.2, 0.25) is 5.91 Å². The summed E-state index contributed by atoms with van der Waals surface area (Å²) in [5.74, 6) is 1.25. The number of benzene rings is 1. The average molecular weight is 301 g/mol. The van der Waals surface area contributed by atoms with E-state index in [1.165, 1.54) is 0 Å². The molecule has 0 saturated carbocycles. The Hall–Kier alpha value is -1.88. The summed E-state index contributed by atoms with van der Waals surface area (Å²) < 4.78 is 0. The van der Waals surface area contributed by atoms with Crippen LogP contribution in [0.2, 0.25) is 0 Å². The second-order valence-electron chi connectivity index (χ2n) is 6.19. The molecule has 2 aliphatic heterocycles. The second-order valence-corrected chi connectivity index (χ2v) is 6.19. The van der Waals surface area contributed by atoms with Gasteiger partial charge in [-0.25, -0.2) is 0 Å². The summed E-state index contributed by atoms with van der Waals surface area (Å²) >= 11 is 0. The van der Waals surface area contributed by atoms with Gasteiger partial charge in [0.05, 0.1) is 6.54 Å². The fourth-order valence-electron chi connectivity index (χ4n) is 3.43. The standard InChI is InChI=1S/C17H23N3O2/c21-16(12-19-17(22)13-4-2-1-3-5-13)20-8-6-14-10-18-11-15(14)7-9-20/h1-5,14-15,18H,6-12H2,(H,19,22)/t14-,15+. The number of carbonyl (C=O) groups is 2. The molecule has 2 fully saturated rings. The Morgan fingerprint density at radius 2 is 1.73 bits per heavy atom. The molecule has 2 amide bonds. The number of carbonyl (C=O) groups excluding carboxylic acids is 2. The molecule has 0 bridgehead atoms. The topological polar surface area (TPSA) is 61.4 Å². The molecule has 2 heterocycles. The molecule has 22 heavy (non-hydrogen) atoms. The lowest BCUT2D eigenvalue weighted by Gasteiger charge is -2.21. The van der Waals surface area contributed by atoms with Crippen molar-refractivity contribution in [3.63, 3.8) is 0 Å². The summed E-state index contributed by atoms with van der Waals surface area (Å²) in [6.45, 7) is 3.86. The van der Waals surface area contributed by atoms with E-state index in [0.717, 1.165) is 39.0 Å². The van der Waals surface area contributed by atoms with Crippen LogP contribution in [0.4, 0.5) is 0 Å². The number of amides is 2. The van der Waals surface area contributed by atoms with E-state index in [4.69, 9.17) is 0 Å². The third kappa shape index (κ3) is 3.47. The highest BCUT2D eigenvalue weighted by molar-refractivity contribution is 5.96. The lowest BCUT2D eigenvalue weighted by molar-refractivity contribution is -0.130. The number of likely N-dealkylation sites (tertiary alicyclic amines) is 1. The van der Waals surface area contributed by atoms with Crippen LogP contribution in [-0.2, 0) is 4.79 Å². The van der Waals surface area contributed by atoms with Crippen LogP contribution < -0.4 is 10.6 Å². The van der Waals surface area contributed by atoms with Gasteiger partial charge in [0, 0.05) is 18.7 Å². The van der Waals surface area contributed by atoms with Crippen molar-refractivity contribution in [3.8, 4) is 0 Å². The van der Waals surface area contributed by atoms with E-state index in [0.29, 0.717) is 17.4 Å². The Morgan fingerprint density at radius 3 is 2.36 bits per heavy atom. The minimum atomic E-state index is -0.190. The summed E-state index contributed by atoms with van der Waals surface area (Å²) in [5.41, 5.74) is 0.590. The zero-order valence-electron chi connectivity index (χ0n) is 12.8. The molecule has 2 saturated heterocycles. The predicted molar refractivity (Wildman–Crippen MR) is 84.4 cm³/mol. The first-order chi connectivity index (χ1) is 10.7. The molecule has 1 aromatic rings. The summed E-state index contributed by atoms with van der Waals surface area (Å²) in [5, 5.41) is 6.16. The van der Waals surface area contributed by atoms with Crippen LogP contribution in [0.15, 0.2) is 30.3 Å². The van der Waals surface area contributed by atoms with Crippen LogP contribution >= 0.6 is 0 Å². The molecule has 2 atom stereocenters. The van der Waals surface area contributed by atoms with Crippen molar-refractivity contribution in [2.24, 2.45) is 11.8 Å². The van der Waals surface area contributed by atoms with Gasteiger partial charge >= 0.3 is 0 Å². The Bertz CT molecular complexity index is 518. The van der Waals surface area contributed by atoms with Crippen LogP contribution in [-0.4, -0.2) is 49.4 Å². The van der Waals surface area contributed by atoms with Gasteiger partial charge in [0.25, 0.3) is 5.91 Å². The van der Waals surface area contributed by atoms with Crippen molar-refractivity contribution in [3.05, 3.63) is 35.9 Å². The van der Waals surface area contributed by atoms with Crippen LogP contribution in [0.1, 0.15) is 23.2 Å². The SMILES string of the molecule is O=C(NCC(=O)N1CC[C@@H]2CNC[C@@H]2CC1)c1ccccc1. The third-order valence-electron chi connectivity index (χ3n) is 4.81. The van der Waals surface area contributed by atoms with Crippen molar-refractivity contribution >= 4 is 11.8 Å². The summed E-state index contributed by atoms with van der Waals surface area (Å²) in [6.07, 6.45) is 2.13. The van der Waals surface area contributed by atoms with Gasteiger partial charge in [0.1, 0.15) is 0 Å². The molecule has 1 aromatic carbocycles. The molecule has 118 valence electrons. The Kier molecular flexibility index (Phi) is 4.73. The number of nitrogens with one attached hydrogen (secondary N) is 2. The highest BCUT2D eigenvalue weighted by Crippen LogP contribution is 2.26. The molecular weight excluding hydrogens is 278 g/mol.